The molecule has 102 valence electrons. The number of rotatable bonds is 4. The van der Waals surface area contributed by atoms with Crippen LogP contribution in [-0.2, 0) is 6.54 Å². The van der Waals surface area contributed by atoms with Gasteiger partial charge in [0.05, 0.1) is 14.9 Å². The Kier molecular flexibility index (Phi) is 4.27. The van der Waals surface area contributed by atoms with E-state index in [1.54, 1.807) is 11.9 Å². The molecule has 0 aromatic carbocycles. The monoisotopic (exact) mass is 297 g/mol. The summed E-state index contributed by atoms with van der Waals surface area (Å²) in [6, 6.07) is 5.64. The highest BCUT2D eigenvalue weighted by Gasteiger charge is 2.18. The lowest BCUT2D eigenvalue weighted by Gasteiger charge is -2.11. The fourth-order valence-corrected chi connectivity index (χ4v) is 2.82. The number of hydrogen-bond donors (Lipinski definition) is 0. The molecule has 0 aliphatic heterocycles. The molecule has 0 saturated heterocycles. The Balaban J connectivity index is 2.40. The zero-order chi connectivity index (χ0) is 14.0. The van der Waals surface area contributed by atoms with Crippen molar-refractivity contribution in [3.8, 4) is 10.6 Å². The van der Waals surface area contributed by atoms with Gasteiger partial charge >= 0.3 is 0 Å². The molecule has 0 N–H and O–H groups in total. The molecule has 2 rings (SSSR count). The number of halogens is 1. The molecule has 1 amide bonds. The van der Waals surface area contributed by atoms with Gasteiger partial charge in [-0.05, 0) is 32.0 Å². The summed E-state index contributed by atoms with van der Waals surface area (Å²) >= 11 is 7.45. The molecule has 0 radical (unpaired) electrons. The first-order valence-corrected chi connectivity index (χ1v) is 7.35. The first kappa shape index (κ1) is 14.1. The smallest absolute Gasteiger partial charge is 0.274 e. The van der Waals surface area contributed by atoms with Crippen molar-refractivity contribution in [1.29, 1.82) is 0 Å². The van der Waals surface area contributed by atoms with Crippen LogP contribution in [0.5, 0.6) is 0 Å². The van der Waals surface area contributed by atoms with Crippen LogP contribution < -0.4 is 0 Å². The van der Waals surface area contributed by atoms with Crippen LogP contribution in [0.4, 0.5) is 0 Å². The molecule has 2 aromatic heterocycles. The summed E-state index contributed by atoms with van der Waals surface area (Å²) in [5.41, 5.74) is 1.41. The Morgan fingerprint density at radius 1 is 1.47 bits per heavy atom. The molecule has 0 fully saturated rings. The SMILES string of the molecule is CCN(C)C(=O)c1cc(-c2ccc(Cl)s2)n(CC)n1. The molecule has 0 bridgehead atoms. The Morgan fingerprint density at radius 3 is 2.74 bits per heavy atom. The number of carbonyl (C=O) groups excluding carboxylic acids is 1. The highest BCUT2D eigenvalue weighted by molar-refractivity contribution is 7.19. The van der Waals surface area contributed by atoms with Crippen molar-refractivity contribution in [1.82, 2.24) is 14.7 Å². The fraction of sp³-hybridized carbons (Fsp3) is 0.385. The number of amides is 1. The van der Waals surface area contributed by atoms with Crippen LogP contribution in [0.3, 0.4) is 0 Å². The molecule has 0 unspecified atom stereocenters. The fourth-order valence-electron chi connectivity index (χ4n) is 1.75. The van der Waals surface area contributed by atoms with Crippen molar-refractivity contribution in [3.63, 3.8) is 0 Å². The number of carbonyl (C=O) groups is 1. The van der Waals surface area contributed by atoms with Gasteiger partial charge in [-0.25, -0.2) is 0 Å². The topological polar surface area (TPSA) is 38.1 Å². The molecule has 0 aliphatic rings. The van der Waals surface area contributed by atoms with Crippen molar-refractivity contribution < 1.29 is 4.79 Å². The van der Waals surface area contributed by atoms with Crippen LogP contribution in [-0.4, -0.2) is 34.2 Å². The second-order valence-corrected chi connectivity index (χ2v) is 5.87. The lowest BCUT2D eigenvalue weighted by atomic mass is 10.3. The van der Waals surface area contributed by atoms with E-state index < -0.39 is 0 Å². The molecule has 0 spiro atoms. The summed E-state index contributed by atoms with van der Waals surface area (Å²) in [6.07, 6.45) is 0. The van der Waals surface area contributed by atoms with E-state index in [0.29, 0.717) is 18.8 Å². The van der Waals surface area contributed by atoms with Crippen LogP contribution in [0.1, 0.15) is 24.3 Å². The summed E-state index contributed by atoms with van der Waals surface area (Å²) in [6.45, 7) is 5.32. The molecule has 4 nitrogen and oxygen atoms in total. The third-order valence-electron chi connectivity index (χ3n) is 2.95. The van der Waals surface area contributed by atoms with Gasteiger partial charge in [0.1, 0.15) is 0 Å². The van der Waals surface area contributed by atoms with Crippen LogP contribution in [0.15, 0.2) is 18.2 Å². The van der Waals surface area contributed by atoms with Gasteiger partial charge in [0.2, 0.25) is 0 Å². The van der Waals surface area contributed by atoms with Gasteiger partial charge in [0.25, 0.3) is 5.91 Å². The predicted octanol–water partition coefficient (Wildman–Crippen LogP) is 3.38. The van der Waals surface area contributed by atoms with E-state index >= 15 is 0 Å². The van der Waals surface area contributed by atoms with Crippen LogP contribution in [0.2, 0.25) is 4.34 Å². The molecule has 6 heteroatoms. The van der Waals surface area contributed by atoms with Gasteiger partial charge in [0, 0.05) is 20.1 Å². The van der Waals surface area contributed by atoms with Gasteiger partial charge in [-0.1, -0.05) is 11.6 Å². The molecule has 19 heavy (non-hydrogen) atoms. The lowest BCUT2D eigenvalue weighted by Crippen LogP contribution is -2.26. The maximum Gasteiger partial charge on any atom is 0.274 e. The molecule has 2 heterocycles. The highest BCUT2D eigenvalue weighted by atomic mass is 35.5. The van der Waals surface area contributed by atoms with Crippen molar-refractivity contribution in [2.75, 3.05) is 13.6 Å². The normalized spacial score (nSPS) is 10.7. The van der Waals surface area contributed by atoms with E-state index in [4.69, 9.17) is 11.6 Å². The lowest BCUT2D eigenvalue weighted by molar-refractivity contribution is 0.0796. The van der Waals surface area contributed by atoms with E-state index in [0.717, 1.165) is 14.9 Å². The van der Waals surface area contributed by atoms with Crippen molar-refractivity contribution in [2.45, 2.75) is 20.4 Å². The summed E-state index contributed by atoms with van der Waals surface area (Å²) in [7, 11) is 1.77. The zero-order valence-electron chi connectivity index (χ0n) is 11.2. The predicted molar refractivity (Wildman–Crippen MR) is 78.9 cm³/mol. The van der Waals surface area contributed by atoms with Crippen molar-refractivity contribution in [3.05, 3.63) is 28.2 Å². The van der Waals surface area contributed by atoms with Crippen LogP contribution >= 0.6 is 22.9 Å². The number of aromatic nitrogens is 2. The second-order valence-electron chi connectivity index (χ2n) is 4.15. The van der Waals surface area contributed by atoms with E-state index in [-0.39, 0.29) is 5.91 Å². The maximum absolute atomic E-state index is 12.1. The molecule has 0 aliphatic carbocycles. The molecular formula is C13H16ClN3OS. The molecule has 0 atom stereocenters. The maximum atomic E-state index is 12.1. The minimum Gasteiger partial charge on any atom is -0.341 e. The number of thiophene rings is 1. The zero-order valence-corrected chi connectivity index (χ0v) is 12.8. The van der Waals surface area contributed by atoms with Gasteiger partial charge < -0.3 is 4.90 Å². The second kappa shape index (κ2) is 5.75. The van der Waals surface area contributed by atoms with Gasteiger partial charge in [-0.3, -0.25) is 9.48 Å². The Hall–Kier alpha value is -1.33. The molecular weight excluding hydrogens is 282 g/mol. The quantitative estimate of drug-likeness (QED) is 0.868. The summed E-state index contributed by atoms with van der Waals surface area (Å²) in [4.78, 5) is 14.8. The Morgan fingerprint density at radius 2 is 2.21 bits per heavy atom. The minimum absolute atomic E-state index is 0.0568. The average molecular weight is 298 g/mol. The summed E-state index contributed by atoms with van der Waals surface area (Å²) in [5, 5.41) is 4.37. The van der Waals surface area contributed by atoms with Gasteiger partial charge in [0.15, 0.2) is 5.69 Å². The van der Waals surface area contributed by atoms with Crippen LogP contribution in [0.25, 0.3) is 10.6 Å². The van der Waals surface area contributed by atoms with Gasteiger partial charge in [-0.15, -0.1) is 11.3 Å². The van der Waals surface area contributed by atoms with Crippen molar-refractivity contribution >= 4 is 28.8 Å². The third-order valence-corrected chi connectivity index (χ3v) is 4.20. The number of aryl methyl sites for hydroxylation is 1. The van der Waals surface area contributed by atoms with Crippen LogP contribution in [0, 0.1) is 0 Å². The van der Waals surface area contributed by atoms with Crippen molar-refractivity contribution in [2.24, 2.45) is 0 Å². The van der Waals surface area contributed by atoms with Gasteiger partial charge in [-0.2, -0.15) is 5.10 Å². The largest absolute Gasteiger partial charge is 0.341 e. The van der Waals surface area contributed by atoms with E-state index in [2.05, 4.69) is 5.10 Å². The first-order valence-electron chi connectivity index (χ1n) is 6.15. The molecule has 0 saturated carbocycles. The highest BCUT2D eigenvalue weighted by Crippen LogP contribution is 2.31. The third kappa shape index (κ3) is 2.82. The Bertz CT molecular complexity index is 590. The summed E-state index contributed by atoms with van der Waals surface area (Å²) in [5.74, 6) is -0.0568. The minimum atomic E-state index is -0.0568. The molecule has 2 aromatic rings. The van der Waals surface area contributed by atoms with E-state index in [1.165, 1.54) is 11.3 Å². The average Bonchev–Trinajstić information content (AvgIpc) is 3.02. The Labute approximate surface area is 121 Å². The standard InChI is InChI=1S/C13H16ClN3OS/c1-4-16(3)13(18)9-8-10(17(5-2)15-9)11-6-7-12(14)19-11/h6-8H,4-5H2,1-3H3. The number of nitrogens with zero attached hydrogens (tertiary/aromatic N) is 3. The summed E-state index contributed by atoms with van der Waals surface area (Å²) < 4.78 is 2.57. The first-order chi connectivity index (χ1) is 9.06. The van der Waals surface area contributed by atoms with E-state index in [1.807, 2.05) is 36.7 Å². The number of hydrogen-bond acceptors (Lipinski definition) is 3. The van der Waals surface area contributed by atoms with E-state index in [9.17, 15) is 4.79 Å².